The molecule has 0 saturated heterocycles. The van der Waals surface area contributed by atoms with E-state index in [-0.39, 0.29) is 12.5 Å². The fourth-order valence-corrected chi connectivity index (χ4v) is 3.13. The third-order valence-electron chi connectivity index (χ3n) is 3.10. The van der Waals surface area contributed by atoms with Gasteiger partial charge in [-0.3, -0.25) is 4.79 Å². The number of hydrogen-bond donors (Lipinski definition) is 1. The highest BCUT2D eigenvalue weighted by Gasteiger charge is 2.10. The Balaban J connectivity index is 1.89. The molecule has 0 bridgehead atoms. The first kappa shape index (κ1) is 19.8. The lowest BCUT2D eigenvalue weighted by atomic mass is 10.3. The molecule has 0 aromatic heterocycles. The number of halogens is 2. The molecule has 134 valence electrons. The van der Waals surface area contributed by atoms with Crippen LogP contribution in [0.5, 0.6) is 11.5 Å². The summed E-state index contributed by atoms with van der Waals surface area (Å²) in [5.41, 5.74) is 0.600. The molecule has 25 heavy (non-hydrogen) atoms. The van der Waals surface area contributed by atoms with Crippen molar-refractivity contribution in [2.75, 3.05) is 31.7 Å². The number of benzene rings is 2. The SMILES string of the molecule is CCOCCOc1ccccc1NC(=O)COc1ccc(Br)cc1Br. The minimum absolute atomic E-state index is 0.104. The molecule has 2 rings (SSSR count). The van der Waals surface area contributed by atoms with Gasteiger partial charge in [0.2, 0.25) is 0 Å². The lowest BCUT2D eigenvalue weighted by Gasteiger charge is -2.13. The normalized spacial score (nSPS) is 10.4. The smallest absolute Gasteiger partial charge is 0.262 e. The monoisotopic (exact) mass is 471 g/mol. The molecule has 2 aromatic carbocycles. The summed E-state index contributed by atoms with van der Waals surface area (Å²) in [5, 5.41) is 2.80. The fraction of sp³-hybridized carbons (Fsp3) is 0.278. The summed E-state index contributed by atoms with van der Waals surface area (Å²) in [4.78, 5) is 12.2. The van der Waals surface area contributed by atoms with E-state index >= 15 is 0 Å². The van der Waals surface area contributed by atoms with Crippen molar-refractivity contribution >= 4 is 43.5 Å². The summed E-state index contributed by atoms with van der Waals surface area (Å²) in [7, 11) is 0. The van der Waals surface area contributed by atoms with Gasteiger partial charge in [-0.1, -0.05) is 28.1 Å². The third-order valence-corrected chi connectivity index (χ3v) is 4.22. The van der Waals surface area contributed by atoms with E-state index in [2.05, 4.69) is 37.2 Å². The van der Waals surface area contributed by atoms with Crippen molar-refractivity contribution in [2.45, 2.75) is 6.92 Å². The summed E-state index contributed by atoms with van der Waals surface area (Å²) in [6.45, 7) is 3.39. The highest BCUT2D eigenvalue weighted by Crippen LogP contribution is 2.28. The van der Waals surface area contributed by atoms with Crippen LogP contribution in [0.1, 0.15) is 6.92 Å². The van der Waals surface area contributed by atoms with Crippen LogP contribution >= 0.6 is 31.9 Å². The third kappa shape index (κ3) is 6.68. The lowest BCUT2D eigenvalue weighted by Crippen LogP contribution is -2.21. The van der Waals surface area contributed by atoms with Gasteiger partial charge in [-0.05, 0) is 53.2 Å². The maximum atomic E-state index is 12.2. The number of para-hydroxylation sites is 2. The molecular weight excluding hydrogens is 454 g/mol. The number of ether oxygens (including phenoxy) is 3. The highest BCUT2D eigenvalue weighted by atomic mass is 79.9. The van der Waals surface area contributed by atoms with Gasteiger partial charge in [0.25, 0.3) is 5.91 Å². The molecule has 0 aliphatic rings. The Morgan fingerprint density at radius 2 is 1.84 bits per heavy atom. The number of hydrogen-bond acceptors (Lipinski definition) is 4. The largest absolute Gasteiger partial charge is 0.489 e. The zero-order valence-electron chi connectivity index (χ0n) is 13.8. The van der Waals surface area contributed by atoms with Crippen LogP contribution in [0.15, 0.2) is 51.4 Å². The summed E-state index contributed by atoms with van der Waals surface area (Å²) in [6, 6.07) is 12.7. The van der Waals surface area contributed by atoms with Crippen molar-refractivity contribution in [1.82, 2.24) is 0 Å². The molecule has 0 fully saturated rings. The van der Waals surface area contributed by atoms with Gasteiger partial charge < -0.3 is 19.5 Å². The Hall–Kier alpha value is -1.57. The molecule has 0 atom stereocenters. The number of nitrogens with one attached hydrogen (secondary N) is 1. The van der Waals surface area contributed by atoms with Crippen LogP contribution in [0.4, 0.5) is 5.69 Å². The number of carbonyl (C=O) groups is 1. The van der Waals surface area contributed by atoms with E-state index in [4.69, 9.17) is 14.2 Å². The van der Waals surface area contributed by atoms with E-state index in [1.165, 1.54) is 0 Å². The van der Waals surface area contributed by atoms with Gasteiger partial charge in [-0.15, -0.1) is 0 Å². The molecule has 0 radical (unpaired) electrons. The average Bonchev–Trinajstić information content (AvgIpc) is 2.59. The van der Waals surface area contributed by atoms with E-state index in [0.717, 1.165) is 8.95 Å². The predicted molar refractivity (Wildman–Crippen MR) is 104 cm³/mol. The van der Waals surface area contributed by atoms with Crippen molar-refractivity contribution in [3.63, 3.8) is 0 Å². The first-order valence-electron chi connectivity index (χ1n) is 7.77. The molecule has 0 aliphatic heterocycles. The van der Waals surface area contributed by atoms with Gasteiger partial charge in [-0.2, -0.15) is 0 Å². The van der Waals surface area contributed by atoms with E-state index < -0.39 is 0 Å². The van der Waals surface area contributed by atoms with E-state index in [9.17, 15) is 4.79 Å². The van der Waals surface area contributed by atoms with Crippen molar-refractivity contribution < 1.29 is 19.0 Å². The molecule has 0 unspecified atom stereocenters. The molecule has 5 nitrogen and oxygen atoms in total. The second kappa shape index (κ2) is 10.4. The van der Waals surface area contributed by atoms with Gasteiger partial charge in [0.05, 0.1) is 16.8 Å². The van der Waals surface area contributed by atoms with Crippen molar-refractivity contribution in [2.24, 2.45) is 0 Å². The Morgan fingerprint density at radius 1 is 1.04 bits per heavy atom. The molecule has 0 aliphatic carbocycles. The summed E-state index contributed by atoms with van der Waals surface area (Å²) in [6.07, 6.45) is 0. The van der Waals surface area contributed by atoms with E-state index in [0.29, 0.717) is 37.0 Å². The Labute approximate surface area is 163 Å². The van der Waals surface area contributed by atoms with Crippen LogP contribution in [0.2, 0.25) is 0 Å². The first-order valence-corrected chi connectivity index (χ1v) is 9.36. The topological polar surface area (TPSA) is 56.8 Å². The Bertz CT molecular complexity index is 709. The molecule has 2 aromatic rings. The van der Waals surface area contributed by atoms with Crippen LogP contribution in [0, 0.1) is 0 Å². The second-order valence-electron chi connectivity index (χ2n) is 4.95. The van der Waals surface area contributed by atoms with Crippen molar-refractivity contribution in [3.05, 3.63) is 51.4 Å². The average molecular weight is 473 g/mol. The first-order chi connectivity index (χ1) is 12.1. The molecule has 0 heterocycles. The maximum absolute atomic E-state index is 12.2. The van der Waals surface area contributed by atoms with E-state index in [1.54, 1.807) is 18.2 Å². The van der Waals surface area contributed by atoms with Crippen molar-refractivity contribution in [1.29, 1.82) is 0 Å². The minimum Gasteiger partial charge on any atom is -0.489 e. The predicted octanol–water partition coefficient (Wildman–Crippen LogP) is 4.64. The molecule has 1 amide bonds. The van der Waals surface area contributed by atoms with Crippen LogP contribution in [0.3, 0.4) is 0 Å². The molecule has 0 saturated carbocycles. The second-order valence-corrected chi connectivity index (χ2v) is 6.72. The molecule has 7 heteroatoms. The van der Waals surface area contributed by atoms with Gasteiger partial charge in [-0.25, -0.2) is 0 Å². The maximum Gasteiger partial charge on any atom is 0.262 e. The summed E-state index contributed by atoms with van der Waals surface area (Å²) in [5.74, 6) is 0.927. The Kier molecular flexibility index (Phi) is 8.24. The zero-order valence-corrected chi connectivity index (χ0v) is 16.9. The number of amides is 1. The molecule has 0 spiro atoms. The summed E-state index contributed by atoms with van der Waals surface area (Å²) >= 11 is 6.77. The standard InChI is InChI=1S/C18H19Br2NO4/c1-2-23-9-10-24-17-6-4-3-5-15(17)21-18(22)12-25-16-8-7-13(19)11-14(16)20/h3-8,11H,2,9-10,12H2,1H3,(H,21,22). The number of rotatable bonds is 9. The van der Waals surface area contributed by atoms with Gasteiger partial charge in [0, 0.05) is 11.1 Å². The molecular formula is C18H19Br2NO4. The van der Waals surface area contributed by atoms with E-state index in [1.807, 2.05) is 31.2 Å². The lowest BCUT2D eigenvalue weighted by molar-refractivity contribution is -0.118. The fourth-order valence-electron chi connectivity index (χ4n) is 1.97. The van der Waals surface area contributed by atoms with Crippen LogP contribution in [-0.4, -0.2) is 32.3 Å². The Morgan fingerprint density at radius 3 is 2.60 bits per heavy atom. The number of anilines is 1. The van der Waals surface area contributed by atoms with Gasteiger partial charge >= 0.3 is 0 Å². The van der Waals surface area contributed by atoms with Gasteiger partial charge in [0.15, 0.2) is 6.61 Å². The molecule has 1 N–H and O–H groups in total. The highest BCUT2D eigenvalue weighted by molar-refractivity contribution is 9.11. The summed E-state index contributed by atoms with van der Waals surface area (Å²) < 4.78 is 18.1. The van der Waals surface area contributed by atoms with Gasteiger partial charge in [0.1, 0.15) is 18.1 Å². The minimum atomic E-state index is -0.268. The van der Waals surface area contributed by atoms with Crippen molar-refractivity contribution in [3.8, 4) is 11.5 Å². The van der Waals surface area contributed by atoms with Crippen LogP contribution in [-0.2, 0) is 9.53 Å². The quantitative estimate of drug-likeness (QED) is 0.540. The van der Waals surface area contributed by atoms with Crippen LogP contribution in [0.25, 0.3) is 0 Å². The number of carbonyl (C=O) groups excluding carboxylic acids is 1. The van der Waals surface area contributed by atoms with Crippen LogP contribution < -0.4 is 14.8 Å². The zero-order chi connectivity index (χ0) is 18.1.